The second-order valence-corrected chi connectivity index (χ2v) is 4.63. The summed E-state index contributed by atoms with van der Waals surface area (Å²) in [5, 5.41) is 3.42. The number of benzene rings is 1. The molecule has 3 nitrogen and oxygen atoms in total. The van der Waals surface area contributed by atoms with Crippen molar-refractivity contribution in [3.8, 4) is 0 Å². The van der Waals surface area contributed by atoms with Crippen LogP contribution in [-0.2, 0) is 4.74 Å². The molecule has 0 spiro atoms. The molecule has 3 heteroatoms. The van der Waals surface area contributed by atoms with Crippen LogP contribution in [-0.4, -0.2) is 19.3 Å². The normalized spacial score (nSPS) is 17.9. The third kappa shape index (κ3) is 2.00. The predicted octanol–water partition coefficient (Wildman–Crippen LogP) is 2.56. The minimum atomic E-state index is 0.0364. The molecule has 0 bridgehead atoms. The van der Waals surface area contributed by atoms with Gasteiger partial charge in [-0.05, 0) is 37.8 Å². The van der Waals surface area contributed by atoms with Crippen LogP contribution in [0.2, 0.25) is 0 Å². The predicted molar refractivity (Wildman–Crippen MR) is 67.7 cm³/mol. The second-order valence-electron chi connectivity index (χ2n) is 4.63. The van der Waals surface area contributed by atoms with E-state index in [0.717, 1.165) is 30.8 Å². The summed E-state index contributed by atoms with van der Waals surface area (Å²) in [7, 11) is 1.79. The molecule has 0 unspecified atom stereocenters. The first-order valence-electron chi connectivity index (χ1n) is 5.81. The highest BCUT2D eigenvalue weighted by Crippen LogP contribution is 2.35. The van der Waals surface area contributed by atoms with Gasteiger partial charge >= 0.3 is 0 Å². The first-order valence-corrected chi connectivity index (χ1v) is 5.81. The largest absolute Gasteiger partial charge is 0.397 e. The highest BCUT2D eigenvalue weighted by Gasteiger charge is 2.36. The van der Waals surface area contributed by atoms with E-state index in [1.807, 2.05) is 12.1 Å². The lowest BCUT2D eigenvalue weighted by Gasteiger charge is -2.41. The van der Waals surface area contributed by atoms with Crippen molar-refractivity contribution < 1.29 is 4.74 Å². The zero-order chi connectivity index (χ0) is 11.6. The summed E-state index contributed by atoms with van der Waals surface area (Å²) < 4.78 is 5.57. The third-order valence-electron chi connectivity index (χ3n) is 3.59. The average molecular weight is 220 g/mol. The number of hydrogen-bond acceptors (Lipinski definition) is 3. The summed E-state index contributed by atoms with van der Waals surface area (Å²) in [5.74, 6) is 0. The van der Waals surface area contributed by atoms with Crippen molar-refractivity contribution in [3.63, 3.8) is 0 Å². The van der Waals surface area contributed by atoms with Crippen LogP contribution >= 0.6 is 0 Å². The summed E-state index contributed by atoms with van der Waals surface area (Å²) in [6, 6.07) is 5.97. The van der Waals surface area contributed by atoms with Crippen LogP contribution in [0.15, 0.2) is 18.2 Å². The smallest absolute Gasteiger partial charge is 0.0850 e. The van der Waals surface area contributed by atoms with Crippen LogP contribution in [0.25, 0.3) is 0 Å². The highest BCUT2D eigenvalue weighted by molar-refractivity contribution is 5.69. The first-order chi connectivity index (χ1) is 7.67. The fourth-order valence-electron chi connectivity index (χ4n) is 2.21. The van der Waals surface area contributed by atoms with E-state index in [0.29, 0.717) is 0 Å². The lowest BCUT2D eigenvalue weighted by atomic mass is 9.80. The second kappa shape index (κ2) is 4.34. The Bertz CT molecular complexity index is 346. The van der Waals surface area contributed by atoms with Crippen LogP contribution < -0.4 is 11.1 Å². The van der Waals surface area contributed by atoms with E-state index in [1.165, 1.54) is 12.0 Å². The summed E-state index contributed by atoms with van der Waals surface area (Å²) in [4.78, 5) is 0. The Morgan fingerprint density at radius 2 is 2.19 bits per heavy atom. The summed E-state index contributed by atoms with van der Waals surface area (Å²) in [6.45, 7) is 2.91. The van der Waals surface area contributed by atoms with Gasteiger partial charge in [-0.2, -0.15) is 0 Å². The molecule has 1 saturated carbocycles. The van der Waals surface area contributed by atoms with Gasteiger partial charge in [0.05, 0.1) is 17.0 Å². The number of nitrogens with one attached hydrogen (secondary N) is 1. The SMILES string of the molecule is COC1(CNc2c(C)cccc2N)CCC1. The number of nitrogens with two attached hydrogens (primary N) is 1. The number of nitrogen functional groups attached to an aromatic ring is 1. The molecule has 0 aromatic heterocycles. The Morgan fingerprint density at radius 3 is 2.69 bits per heavy atom. The molecule has 2 rings (SSSR count). The number of hydrogen-bond donors (Lipinski definition) is 2. The quantitative estimate of drug-likeness (QED) is 0.767. The van der Waals surface area contributed by atoms with Gasteiger partial charge in [-0.25, -0.2) is 0 Å². The Morgan fingerprint density at radius 1 is 1.44 bits per heavy atom. The first kappa shape index (κ1) is 11.3. The van der Waals surface area contributed by atoms with Crippen molar-refractivity contribution >= 4 is 11.4 Å². The van der Waals surface area contributed by atoms with E-state index in [2.05, 4.69) is 18.3 Å². The van der Waals surface area contributed by atoms with Crippen LogP contribution in [0.1, 0.15) is 24.8 Å². The molecule has 1 aromatic carbocycles. The molecule has 0 atom stereocenters. The number of methoxy groups -OCH3 is 1. The van der Waals surface area contributed by atoms with Gasteiger partial charge in [-0.15, -0.1) is 0 Å². The van der Waals surface area contributed by atoms with Crippen LogP contribution in [0.3, 0.4) is 0 Å². The van der Waals surface area contributed by atoms with E-state index >= 15 is 0 Å². The average Bonchev–Trinajstić information content (AvgIpc) is 2.20. The van der Waals surface area contributed by atoms with E-state index in [1.54, 1.807) is 7.11 Å². The molecular formula is C13H20N2O. The Labute approximate surface area is 97.0 Å². The summed E-state index contributed by atoms with van der Waals surface area (Å²) >= 11 is 0. The topological polar surface area (TPSA) is 47.3 Å². The van der Waals surface area contributed by atoms with E-state index in [-0.39, 0.29) is 5.60 Å². The Hall–Kier alpha value is -1.22. The Balaban J connectivity index is 2.04. The van der Waals surface area contributed by atoms with E-state index < -0.39 is 0 Å². The summed E-state index contributed by atoms with van der Waals surface area (Å²) in [5.41, 5.74) is 9.03. The van der Waals surface area contributed by atoms with Crippen molar-refractivity contribution in [1.29, 1.82) is 0 Å². The van der Waals surface area contributed by atoms with Gasteiger partial charge in [0, 0.05) is 13.7 Å². The molecule has 1 aliphatic carbocycles. The maximum absolute atomic E-state index is 5.95. The fraction of sp³-hybridized carbons (Fsp3) is 0.538. The van der Waals surface area contributed by atoms with Crippen molar-refractivity contribution in [1.82, 2.24) is 0 Å². The molecule has 1 aromatic rings. The fourth-order valence-corrected chi connectivity index (χ4v) is 2.21. The molecule has 0 saturated heterocycles. The van der Waals surface area contributed by atoms with Gasteiger partial charge in [0.15, 0.2) is 0 Å². The van der Waals surface area contributed by atoms with Gasteiger partial charge < -0.3 is 15.8 Å². The van der Waals surface area contributed by atoms with Gasteiger partial charge in [-0.1, -0.05) is 12.1 Å². The molecule has 0 aliphatic heterocycles. The molecule has 0 heterocycles. The van der Waals surface area contributed by atoms with Crippen molar-refractivity contribution in [3.05, 3.63) is 23.8 Å². The minimum Gasteiger partial charge on any atom is -0.397 e. The molecule has 0 radical (unpaired) electrons. The zero-order valence-electron chi connectivity index (χ0n) is 10.0. The molecule has 3 N–H and O–H groups in total. The minimum absolute atomic E-state index is 0.0364. The zero-order valence-corrected chi connectivity index (χ0v) is 10.0. The number of ether oxygens (including phenoxy) is 1. The summed E-state index contributed by atoms with van der Waals surface area (Å²) in [6.07, 6.45) is 3.54. The maximum Gasteiger partial charge on any atom is 0.0850 e. The van der Waals surface area contributed by atoms with Crippen LogP contribution in [0.5, 0.6) is 0 Å². The molecule has 1 aliphatic rings. The Kier molecular flexibility index (Phi) is 3.06. The van der Waals surface area contributed by atoms with E-state index in [4.69, 9.17) is 10.5 Å². The van der Waals surface area contributed by atoms with Crippen molar-refractivity contribution in [2.75, 3.05) is 24.7 Å². The monoisotopic (exact) mass is 220 g/mol. The van der Waals surface area contributed by atoms with Gasteiger partial charge in [-0.3, -0.25) is 0 Å². The van der Waals surface area contributed by atoms with Gasteiger partial charge in [0.25, 0.3) is 0 Å². The molecular weight excluding hydrogens is 200 g/mol. The lowest BCUT2D eigenvalue weighted by Crippen LogP contribution is -2.45. The van der Waals surface area contributed by atoms with Crippen molar-refractivity contribution in [2.45, 2.75) is 31.8 Å². The highest BCUT2D eigenvalue weighted by atomic mass is 16.5. The number of para-hydroxylation sites is 1. The number of aryl methyl sites for hydroxylation is 1. The van der Waals surface area contributed by atoms with Gasteiger partial charge in [0.2, 0.25) is 0 Å². The maximum atomic E-state index is 5.95. The van der Waals surface area contributed by atoms with E-state index in [9.17, 15) is 0 Å². The van der Waals surface area contributed by atoms with Gasteiger partial charge in [0.1, 0.15) is 0 Å². The lowest BCUT2D eigenvalue weighted by molar-refractivity contribution is -0.0601. The van der Waals surface area contributed by atoms with Crippen LogP contribution in [0, 0.1) is 6.92 Å². The number of rotatable bonds is 4. The third-order valence-corrected chi connectivity index (χ3v) is 3.59. The standard InChI is InChI=1S/C13H20N2O/c1-10-5-3-6-11(14)12(10)15-9-13(16-2)7-4-8-13/h3,5-6,15H,4,7-9,14H2,1-2H3. The molecule has 0 amide bonds. The van der Waals surface area contributed by atoms with Crippen LogP contribution in [0.4, 0.5) is 11.4 Å². The molecule has 88 valence electrons. The molecule has 16 heavy (non-hydrogen) atoms. The van der Waals surface area contributed by atoms with Crippen molar-refractivity contribution in [2.24, 2.45) is 0 Å². The number of anilines is 2. The molecule has 1 fully saturated rings.